The number of nitrogens with zero attached hydrogens (tertiary/aromatic N) is 1. The van der Waals surface area contributed by atoms with Gasteiger partial charge in [0.25, 0.3) is 0 Å². The van der Waals surface area contributed by atoms with E-state index in [9.17, 15) is 0 Å². The first-order chi connectivity index (χ1) is 6.79. The van der Waals surface area contributed by atoms with Gasteiger partial charge < -0.3 is 5.32 Å². The van der Waals surface area contributed by atoms with Gasteiger partial charge in [0.2, 0.25) is 0 Å². The van der Waals surface area contributed by atoms with Crippen LogP contribution in [0.25, 0.3) is 0 Å². The number of hydrogen-bond acceptors (Lipinski definition) is 2. The first kappa shape index (κ1) is 11.2. The highest BCUT2D eigenvalue weighted by molar-refractivity contribution is 5.22. The Labute approximate surface area is 86.8 Å². The third kappa shape index (κ3) is 2.81. The Hall–Kier alpha value is -0.890. The number of hydrogen-bond donors (Lipinski definition) is 1. The van der Waals surface area contributed by atoms with Crippen LogP contribution in [0.4, 0.5) is 0 Å². The monoisotopic (exact) mass is 192 g/mol. The van der Waals surface area contributed by atoms with Crippen molar-refractivity contribution in [3.05, 3.63) is 29.6 Å². The number of rotatable bonds is 5. The van der Waals surface area contributed by atoms with Crippen LogP contribution in [0.15, 0.2) is 18.3 Å². The molecule has 0 bridgehead atoms. The van der Waals surface area contributed by atoms with Crippen LogP contribution in [0.1, 0.15) is 44.0 Å². The van der Waals surface area contributed by atoms with E-state index in [0.717, 1.165) is 12.2 Å². The van der Waals surface area contributed by atoms with E-state index in [1.165, 1.54) is 18.4 Å². The molecule has 0 aliphatic heterocycles. The second kappa shape index (κ2) is 5.76. The highest BCUT2D eigenvalue weighted by Crippen LogP contribution is 2.19. The predicted octanol–water partition coefficient (Wildman–Crippen LogP) is 2.84. The summed E-state index contributed by atoms with van der Waals surface area (Å²) >= 11 is 0. The fourth-order valence-corrected chi connectivity index (χ4v) is 1.77. The Balaban J connectivity index is 2.81. The number of aromatic nitrogens is 1. The number of aryl methyl sites for hydroxylation is 1. The molecule has 1 N–H and O–H groups in total. The van der Waals surface area contributed by atoms with E-state index in [1.807, 2.05) is 12.3 Å². The third-order valence-electron chi connectivity index (χ3n) is 2.45. The molecule has 2 nitrogen and oxygen atoms in total. The molecule has 0 aliphatic carbocycles. The summed E-state index contributed by atoms with van der Waals surface area (Å²) in [4.78, 5) is 4.32. The molecule has 14 heavy (non-hydrogen) atoms. The molecule has 0 amide bonds. The van der Waals surface area contributed by atoms with Gasteiger partial charge in [-0.15, -0.1) is 0 Å². The van der Waals surface area contributed by atoms with Crippen LogP contribution < -0.4 is 5.32 Å². The Kier molecular flexibility index (Phi) is 4.60. The maximum absolute atomic E-state index is 4.32. The van der Waals surface area contributed by atoms with Crippen molar-refractivity contribution in [2.45, 2.75) is 39.7 Å². The predicted molar refractivity (Wildman–Crippen MR) is 60.3 cm³/mol. The summed E-state index contributed by atoms with van der Waals surface area (Å²) in [5, 5.41) is 3.50. The van der Waals surface area contributed by atoms with E-state index in [2.05, 4.69) is 37.1 Å². The Bertz CT molecular complexity index is 265. The van der Waals surface area contributed by atoms with Crippen molar-refractivity contribution >= 4 is 0 Å². The molecule has 0 saturated carbocycles. The summed E-state index contributed by atoms with van der Waals surface area (Å²) in [7, 11) is 0. The molecule has 78 valence electrons. The lowest BCUT2D eigenvalue weighted by atomic mass is 10.0. The third-order valence-corrected chi connectivity index (χ3v) is 2.45. The Morgan fingerprint density at radius 2 is 2.21 bits per heavy atom. The minimum Gasteiger partial charge on any atom is -0.310 e. The molecule has 0 radical (unpaired) electrons. The van der Waals surface area contributed by atoms with E-state index < -0.39 is 0 Å². The molecule has 1 atom stereocenters. The van der Waals surface area contributed by atoms with Crippen LogP contribution in [-0.2, 0) is 0 Å². The Morgan fingerprint density at radius 1 is 1.43 bits per heavy atom. The van der Waals surface area contributed by atoms with E-state index in [0.29, 0.717) is 6.04 Å². The average Bonchev–Trinajstić information content (AvgIpc) is 2.18. The van der Waals surface area contributed by atoms with E-state index >= 15 is 0 Å². The van der Waals surface area contributed by atoms with Gasteiger partial charge in [-0.3, -0.25) is 4.98 Å². The van der Waals surface area contributed by atoms with E-state index in [4.69, 9.17) is 0 Å². The summed E-state index contributed by atoms with van der Waals surface area (Å²) in [6, 6.07) is 4.66. The van der Waals surface area contributed by atoms with Crippen molar-refractivity contribution in [2.75, 3.05) is 6.54 Å². The van der Waals surface area contributed by atoms with Crippen molar-refractivity contribution < 1.29 is 0 Å². The molecule has 1 rings (SSSR count). The van der Waals surface area contributed by atoms with Crippen molar-refractivity contribution in [3.63, 3.8) is 0 Å². The van der Waals surface area contributed by atoms with Crippen LogP contribution in [0.3, 0.4) is 0 Å². The molecule has 1 unspecified atom stereocenters. The number of pyridine rings is 1. The molecular formula is C12H20N2. The highest BCUT2D eigenvalue weighted by atomic mass is 14.9. The zero-order valence-corrected chi connectivity index (χ0v) is 9.38. The van der Waals surface area contributed by atoms with Crippen LogP contribution in [0.2, 0.25) is 0 Å². The smallest absolute Gasteiger partial charge is 0.0420 e. The lowest BCUT2D eigenvalue weighted by Crippen LogP contribution is -2.21. The summed E-state index contributed by atoms with van der Waals surface area (Å²) in [5.74, 6) is 0. The first-order valence-corrected chi connectivity index (χ1v) is 5.44. The molecule has 0 fully saturated rings. The van der Waals surface area contributed by atoms with E-state index in [1.54, 1.807) is 0 Å². The number of nitrogens with one attached hydrogen (secondary N) is 1. The minimum atomic E-state index is 0.471. The molecule has 1 heterocycles. The van der Waals surface area contributed by atoms with Crippen molar-refractivity contribution in [1.29, 1.82) is 0 Å². The summed E-state index contributed by atoms with van der Waals surface area (Å²) in [6.45, 7) is 7.46. The van der Waals surface area contributed by atoms with Gasteiger partial charge in [-0.2, -0.15) is 0 Å². The molecule has 1 aromatic heterocycles. The van der Waals surface area contributed by atoms with Gasteiger partial charge in [0, 0.05) is 17.9 Å². The van der Waals surface area contributed by atoms with Crippen molar-refractivity contribution in [2.24, 2.45) is 0 Å². The van der Waals surface area contributed by atoms with Gasteiger partial charge in [0.15, 0.2) is 0 Å². The fraction of sp³-hybridized carbons (Fsp3) is 0.583. The minimum absolute atomic E-state index is 0.471. The lowest BCUT2D eigenvalue weighted by Gasteiger charge is -2.18. The second-order valence-electron chi connectivity index (χ2n) is 3.58. The van der Waals surface area contributed by atoms with Crippen LogP contribution in [0.5, 0.6) is 0 Å². The molecule has 0 saturated heterocycles. The first-order valence-electron chi connectivity index (χ1n) is 5.44. The normalized spacial score (nSPS) is 12.8. The largest absolute Gasteiger partial charge is 0.310 e. The maximum atomic E-state index is 4.32. The fourth-order valence-electron chi connectivity index (χ4n) is 1.77. The maximum Gasteiger partial charge on any atom is 0.0420 e. The summed E-state index contributed by atoms with van der Waals surface area (Å²) in [5.41, 5.74) is 2.49. The summed E-state index contributed by atoms with van der Waals surface area (Å²) < 4.78 is 0. The van der Waals surface area contributed by atoms with Crippen LogP contribution in [-0.4, -0.2) is 11.5 Å². The SMILES string of the molecule is CCCC(NCC)c1cccnc1C. The second-order valence-corrected chi connectivity index (χ2v) is 3.58. The topological polar surface area (TPSA) is 24.9 Å². The van der Waals surface area contributed by atoms with Crippen molar-refractivity contribution in [1.82, 2.24) is 10.3 Å². The van der Waals surface area contributed by atoms with Gasteiger partial charge in [-0.25, -0.2) is 0 Å². The van der Waals surface area contributed by atoms with Gasteiger partial charge in [0.05, 0.1) is 0 Å². The zero-order chi connectivity index (χ0) is 10.4. The Morgan fingerprint density at radius 3 is 2.79 bits per heavy atom. The van der Waals surface area contributed by atoms with Gasteiger partial charge >= 0.3 is 0 Å². The van der Waals surface area contributed by atoms with Gasteiger partial charge in [-0.1, -0.05) is 26.3 Å². The summed E-state index contributed by atoms with van der Waals surface area (Å²) in [6.07, 6.45) is 4.24. The van der Waals surface area contributed by atoms with Crippen LogP contribution in [0, 0.1) is 6.92 Å². The molecular weight excluding hydrogens is 172 g/mol. The van der Waals surface area contributed by atoms with E-state index in [-0.39, 0.29) is 0 Å². The average molecular weight is 192 g/mol. The van der Waals surface area contributed by atoms with Gasteiger partial charge in [0.1, 0.15) is 0 Å². The van der Waals surface area contributed by atoms with Crippen molar-refractivity contribution in [3.8, 4) is 0 Å². The van der Waals surface area contributed by atoms with Gasteiger partial charge in [-0.05, 0) is 31.5 Å². The zero-order valence-electron chi connectivity index (χ0n) is 9.38. The standard InChI is InChI=1S/C12H20N2/c1-4-7-12(13-5-2)11-8-6-9-14-10(11)3/h6,8-9,12-13H,4-5,7H2,1-3H3. The molecule has 0 spiro atoms. The highest BCUT2D eigenvalue weighted by Gasteiger charge is 2.11. The molecule has 1 aromatic rings. The lowest BCUT2D eigenvalue weighted by molar-refractivity contribution is 0.505. The molecule has 0 aromatic carbocycles. The molecule has 0 aliphatic rings. The van der Waals surface area contributed by atoms with Crippen LogP contribution >= 0.6 is 0 Å². The molecule has 2 heteroatoms. The quantitative estimate of drug-likeness (QED) is 0.776.